The molecule has 3 aromatic rings. The summed E-state index contributed by atoms with van der Waals surface area (Å²) in [6.45, 7) is 5.65. The monoisotopic (exact) mass is 404 g/mol. The average Bonchev–Trinajstić information content (AvgIpc) is 3.08. The van der Waals surface area contributed by atoms with Crippen LogP contribution in [0.5, 0.6) is 0 Å². The lowest BCUT2D eigenvalue weighted by Crippen LogP contribution is -2.29. The number of rotatable bonds is 5. The highest BCUT2D eigenvalue weighted by molar-refractivity contribution is 6.08. The summed E-state index contributed by atoms with van der Waals surface area (Å²) in [6, 6.07) is 17.6. The molecule has 30 heavy (non-hydrogen) atoms. The summed E-state index contributed by atoms with van der Waals surface area (Å²) in [7, 11) is 0. The Labute approximate surface area is 181 Å². The van der Waals surface area contributed by atoms with Gasteiger partial charge in [-0.25, -0.2) is 4.98 Å². The summed E-state index contributed by atoms with van der Waals surface area (Å²) in [6.07, 6.45) is 6.86. The van der Waals surface area contributed by atoms with E-state index in [1.54, 1.807) is 12.3 Å². The smallest absolute Gasteiger partial charge is 0.213 e. The molecule has 0 unspecified atom stereocenters. The first kappa shape index (κ1) is 20.0. The number of pyridine rings is 2. The molecule has 1 N–H and O–H groups in total. The minimum Gasteiger partial charge on any atom is -0.355 e. The molecule has 1 aliphatic heterocycles. The van der Waals surface area contributed by atoms with Gasteiger partial charge >= 0.3 is 0 Å². The highest BCUT2D eigenvalue weighted by Gasteiger charge is 2.17. The maximum atomic E-state index is 13.2. The molecular weight excluding hydrogens is 372 g/mol. The third-order valence-corrected chi connectivity index (χ3v) is 5.25. The lowest BCUT2D eigenvalue weighted by molar-refractivity contribution is 0.103. The number of carbonyl (C=O) groups excluding carboxylic acids is 1. The molecule has 158 valence electrons. The summed E-state index contributed by atoms with van der Waals surface area (Å²) in [5.41, 5.74) is 3.75. The topological polar surface area (TPSA) is 58.1 Å². The summed E-state index contributed by atoms with van der Waals surface area (Å²) in [4.78, 5) is 24.6. The predicted octanol–water partition coefficient (Wildman–Crippen LogP) is 4.72. The van der Waals surface area contributed by atoms with E-state index in [4.69, 9.17) is 0 Å². The molecule has 0 saturated carbocycles. The van der Waals surface area contributed by atoms with Gasteiger partial charge in [-0.2, -0.15) is 0 Å². The molecule has 0 spiro atoms. The fourth-order valence-electron chi connectivity index (χ4n) is 3.57. The van der Waals surface area contributed by atoms with E-state index >= 15 is 0 Å². The second kappa shape index (κ2) is 9.46. The van der Waals surface area contributed by atoms with Gasteiger partial charge in [-0.05, 0) is 49.2 Å². The molecule has 3 heterocycles. The van der Waals surface area contributed by atoms with Gasteiger partial charge in [0.2, 0.25) is 5.78 Å². The number of aromatic nitrogens is 2. The van der Waals surface area contributed by atoms with Crippen LogP contribution in [0.15, 0.2) is 60.8 Å². The van der Waals surface area contributed by atoms with Crippen LogP contribution >= 0.6 is 0 Å². The van der Waals surface area contributed by atoms with Gasteiger partial charge in [0.05, 0.1) is 0 Å². The molecule has 1 aliphatic rings. The van der Waals surface area contributed by atoms with E-state index in [1.807, 2.05) is 67.6 Å². The van der Waals surface area contributed by atoms with Crippen molar-refractivity contribution < 1.29 is 9.07 Å². The van der Waals surface area contributed by atoms with Crippen LogP contribution in [0.25, 0.3) is 12.2 Å². The first-order valence-corrected chi connectivity index (χ1v) is 10.4. The van der Waals surface area contributed by atoms with Crippen molar-refractivity contribution >= 4 is 23.8 Å². The standard InChI is InChI=1S/C25H26N4O.3H2/c1-19-22(17-21(18-27-19)12-11-20-7-3-2-4-8-20)25(30)23-9-5-10-24(28-23)29-15-6-13-26-14-16-29;;;/h2-5,7-12,17-18,26H,6,13-16H2,1H3;3*1H/b12-11+;;;. The molecule has 0 amide bonds. The van der Waals surface area contributed by atoms with Gasteiger partial charge in [0, 0.05) is 41.4 Å². The van der Waals surface area contributed by atoms with Crippen molar-refractivity contribution in [3.8, 4) is 0 Å². The second-order valence-corrected chi connectivity index (χ2v) is 7.45. The molecule has 0 aliphatic carbocycles. The number of nitrogens with one attached hydrogen (secondary N) is 1. The zero-order valence-corrected chi connectivity index (χ0v) is 17.2. The summed E-state index contributed by atoms with van der Waals surface area (Å²) < 4.78 is 0. The Balaban J connectivity index is 0.00000181. The van der Waals surface area contributed by atoms with Gasteiger partial charge < -0.3 is 10.2 Å². The number of ketones is 1. The van der Waals surface area contributed by atoms with Gasteiger partial charge in [0.25, 0.3) is 0 Å². The highest BCUT2D eigenvalue weighted by atomic mass is 16.1. The molecule has 0 bridgehead atoms. The lowest BCUT2D eigenvalue weighted by Gasteiger charge is -2.21. The van der Waals surface area contributed by atoms with Crippen molar-refractivity contribution in [3.05, 3.63) is 88.9 Å². The zero-order valence-electron chi connectivity index (χ0n) is 17.2. The number of carbonyl (C=O) groups is 1. The van der Waals surface area contributed by atoms with E-state index in [0.29, 0.717) is 17.0 Å². The van der Waals surface area contributed by atoms with Gasteiger partial charge in [0.1, 0.15) is 11.5 Å². The van der Waals surface area contributed by atoms with Crippen molar-refractivity contribution in [1.82, 2.24) is 15.3 Å². The van der Waals surface area contributed by atoms with Crippen LogP contribution in [0.2, 0.25) is 0 Å². The average molecular weight is 405 g/mol. The molecule has 2 aromatic heterocycles. The van der Waals surface area contributed by atoms with Crippen molar-refractivity contribution in [1.29, 1.82) is 0 Å². The quantitative estimate of drug-likeness (QED) is 0.623. The number of benzene rings is 1. The van der Waals surface area contributed by atoms with E-state index < -0.39 is 0 Å². The van der Waals surface area contributed by atoms with Crippen LogP contribution in [0.4, 0.5) is 5.82 Å². The van der Waals surface area contributed by atoms with Crippen LogP contribution in [-0.4, -0.2) is 41.9 Å². The van der Waals surface area contributed by atoms with E-state index in [1.165, 1.54) is 0 Å². The minimum atomic E-state index is -0.0928. The Morgan fingerprint density at radius 1 is 1.03 bits per heavy atom. The van der Waals surface area contributed by atoms with Crippen molar-refractivity contribution in [3.63, 3.8) is 0 Å². The molecule has 1 saturated heterocycles. The van der Waals surface area contributed by atoms with Crippen LogP contribution in [0, 0.1) is 6.92 Å². The van der Waals surface area contributed by atoms with Gasteiger partial charge in [-0.15, -0.1) is 0 Å². The van der Waals surface area contributed by atoms with E-state index in [-0.39, 0.29) is 10.1 Å². The normalized spacial score (nSPS) is 14.6. The number of nitrogens with zero attached hydrogens (tertiary/aromatic N) is 3. The molecule has 4 rings (SSSR count). The molecule has 1 fully saturated rings. The highest BCUT2D eigenvalue weighted by Crippen LogP contribution is 2.18. The molecule has 5 heteroatoms. The first-order valence-electron chi connectivity index (χ1n) is 10.4. The largest absolute Gasteiger partial charge is 0.355 e. The summed E-state index contributed by atoms with van der Waals surface area (Å²) >= 11 is 0. The van der Waals surface area contributed by atoms with Crippen LogP contribution < -0.4 is 10.2 Å². The van der Waals surface area contributed by atoms with Gasteiger partial charge in [-0.3, -0.25) is 9.78 Å². The third-order valence-electron chi connectivity index (χ3n) is 5.25. The van der Waals surface area contributed by atoms with Crippen LogP contribution in [-0.2, 0) is 0 Å². The summed E-state index contributed by atoms with van der Waals surface area (Å²) in [5.74, 6) is 0.764. The summed E-state index contributed by atoms with van der Waals surface area (Å²) in [5, 5.41) is 3.40. The molecule has 5 nitrogen and oxygen atoms in total. The Morgan fingerprint density at radius 3 is 2.73 bits per heavy atom. The third kappa shape index (κ3) is 4.81. The minimum absolute atomic E-state index is 0. The molecule has 1 aromatic carbocycles. The first-order chi connectivity index (χ1) is 14.7. The van der Waals surface area contributed by atoms with Crippen LogP contribution in [0.3, 0.4) is 0 Å². The Bertz CT molecular complexity index is 1050. The van der Waals surface area contributed by atoms with Gasteiger partial charge in [-0.1, -0.05) is 48.6 Å². The Kier molecular flexibility index (Phi) is 6.30. The fourth-order valence-corrected chi connectivity index (χ4v) is 3.57. The number of hydrogen-bond donors (Lipinski definition) is 1. The van der Waals surface area contributed by atoms with Gasteiger partial charge in [0.15, 0.2) is 0 Å². The maximum absolute atomic E-state index is 13.2. The molecule has 0 radical (unpaired) electrons. The molecule has 0 atom stereocenters. The zero-order chi connectivity index (χ0) is 20.8. The SMILES string of the molecule is Cc1ncc(/C=C/c2ccccc2)cc1C(=O)c1cccc(N2CCCNCC2)n1.[HH].[HH].[HH]. The fraction of sp³-hybridized carbons (Fsp3) is 0.240. The Morgan fingerprint density at radius 2 is 1.87 bits per heavy atom. The predicted molar refractivity (Wildman–Crippen MR) is 128 cm³/mol. The number of anilines is 1. The number of hydrogen-bond acceptors (Lipinski definition) is 5. The maximum Gasteiger partial charge on any atom is 0.213 e. The van der Waals surface area contributed by atoms with Crippen LogP contribution in [0.1, 0.15) is 43.6 Å². The van der Waals surface area contributed by atoms with Crippen molar-refractivity contribution in [2.75, 3.05) is 31.1 Å². The second-order valence-electron chi connectivity index (χ2n) is 7.45. The van der Waals surface area contributed by atoms with E-state index in [2.05, 4.69) is 20.2 Å². The number of aryl methyl sites for hydroxylation is 1. The van der Waals surface area contributed by atoms with E-state index in [0.717, 1.165) is 49.5 Å². The van der Waals surface area contributed by atoms with Crippen molar-refractivity contribution in [2.24, 2.45) is 0 Å². The lowest BCUT2D eigenvalue weighted by atomic mass is 10.0. The Hall–Kier alpha value is -3.31. The van der Waals surface area contributed by atoms with Crippen molar-refractivity contribution in [2.45, 2.75) is 13.3 Å². The van der Waals surface area contributed by atoms with E-state index in [9.17, 15) is 4.79 Å². The molecular formula is C25H32N4O.